The summed E-state index contributed by atoms with van der Waals surface area (Å²) in [6, 6.07) is 0. The quantitative estimate of drug-likeness (QED) is 0.550. The lowest BCUT2D eigenvalue weighted by atomic mass is 10.0. The third kappa shape index (κ3) is 4.21. The van der Waals surface area contributed by atoms with Crippen molar-refractivity contribution in [3.05, 3.63) is 0 Å². The molecule has 0 aromatic carbocycles. The number of primary amides is 1. The van der Waals surface area contributed by atoms with E-state index in [0.29, 0.717) is 6.42 Å². The highest BCUT2D eigenvalue weighted by molar-refractivity contribution is 6.16. The minimum absolute atomic E-state index is 0.172. The molecule has 2 N–H and O–H groups in total. The van der Waals surface area contributed by atoms with Crippen LogP contribution in [0.4, 0.5) is 0 Å². The largest absolute Gasteiger partial charge is 0.370 e. The fourth-order valence-electron chi connectivity index (χ4n) is 0.597. The number of amides is 1. The molecule has 0 bridgehead atoms. The Hall–Kier alpha value is -0.313. The highest BCUT2D eigenvalue weighted by Crippen LogP contribution is 2.28. The van der Waals surface area contributed by atoms with Crippen molar-refractivity contribution >= 4 is 16.1 Å². The lowest BCUT2D eigenvalue weighted by Gasteiger charge is -2.19. The Kier molecular flexibility index (Phi) is 2.90. The first-order valence-corrected chi connectivity index (χ1v) is 4.26. The fourth-order valence-corrected chi connectivity index (χ4v) is 0.945. The smallest absolute Gasteiger partial charge is 0.217 e. The van der Waals surface area contributed by atoms with Crippen molar-refractivity contribution in [2.45, 2.75) is 31.7 Å². The van der Waals surface area contributed by atoms with Crippen LogP contribution in [0.3, 0.4) is 0 Å². The zero-order chi connectivity index (χ0) is 7.49. The number of carbonyl (C=O) groups is 1. The van der Waals surface area contributed by atoms with E-state index in [0.717, 1.165) is 16.7 Å². The van der Waals surface area contributed by atoms with Gasteiger partial charge < -0.3 is 5.73 Å². The summed E-state index contributed by atoms with van der Waals surface area (Å²) in [6.45, 7) is 4.19. The molecule has 1 atom stereocenters. The first kappa shape index (κ1) is 8.69. The van der Waals surface area contributed by atoms with Crippen LogP contribution in [0.1, 0.15) is 26.7 Å². The molecule has 3 heteroatoms. The second kappa shape index (κ2) is 3.01. The van der Waals surface area contributed by atoms with Crippen LogP contribution in [0.25, 0.3) is 0 Å². The van der Waals surface area contributed by atoms with Gasteiger partial charge in [0.1, 0.15) is 0 Å². The lowest BCUT2D eigenvalue weighted by molar-refractivity contribution is -0.118. The minimum atomic E-state index is -0.172. The average Bonchev–Trinajstić information content (AvgIpc) is 1.63. The average molecular weight is 145 g/mol. The Balaban J connectivity index is 3.71. The van der Waals surface area contributed by atoms with Gasteiger partial charge in [0.05, 0.1) is 0 Å². The maximum atomic E-state index is 10.4. The topological polar surface area (TPSA) is 43.1 Å². The second-order valence-corrected chi connectivity index (χ2v) is 5.58. The summed E-state index contributed by atoms with van der Waals surface area (Å²) in [5.41, 5.74) is 5.04. The van der Waals surface area contributed by atoms with Crippen LogP contribution in [0, 0.1) is 0 Å². The van der Waals surface area contributed by atoms with E-state index in [4.69, 9.17) is 5.73 Å². The number of rotatable bonds is 3. The summed E-state index contributed by atoms with van der Waals surface area (Å²) in [6.07, 6.45) is 1.61. The molecule has 0 saturated heterocycles. The molecule has 0 unspecified atom stereocenters. The van der Waals surface area contributed by atoms with Gasteiger partial charge in [-0.1, -0.05) is 20.3 Å². The summed E-state index contributed by atoms with van der Waals surface area (Å²) in [7, 11) is 1.05. The predicted octanol–water partition coefficient (Wildman–Crippen LogP) is -0.184. The number of hydrogen-bond acceptors (Lipinski definition) is 1. The van der Waals surface area contributed by atoms with Crippen molar-refractivity contribution in [2.75, 3.05) is 0 Å². The molecular weight excluding hydrogens is 130 g/mol. The molecule has 0 spiro atoms. The van der Waals surface area contributed by atoms with Gasteiger partial charge in [0.15, 0.2) is 0 Å². The molecule has 0 aliphatic carbocycles. The Morgan fingerprint density at radius 3 is 2.33 bits per heavy atom. The molecule has 0 saturated carbocycles. The van der Waals surface area contributed by atoms with Gasteiger partial charge in [-0.15, -0.1) is 0 Å². The van der Waals surface area contributed by atoms with Crippen molar-refractivity contribution in [1.29, 1.82) is 0 Å². The Bertz CT molecular complexity index is 112. The van der Waals surface area contributed by atoms with Crippen molar-refractivity contribution in [3.8, 4) is 0 Å². The number of carbonyl (C=O) groups excluding carboxylic acids is 1. The second-order valence-electron chi connectivity index (χ2n) is 3.16. The van der Waals surface area contributed by atoms with Gasteiger partial charge in [-0.2, -0.15) is 0 Å². The van der Waals surface area contributed by atoms with Gasteiger partial charge in [-0.05, 0) is 5.04 Å². The fraction of sp³-hybridized carbons (Fsp3) is 0.833. The standard InChI is InChI=1S/C6H15NOSi/c1-3-6(2,9)4-5(7)8/h3-4H2,1-2,9H3,(H2,7,8)/t6-/m0/s1. The van der Waals surface area contributed by atoms with E-state index in [1.807, 2.05) is 0 Å². The number of nitrogens with two attached hydrogens (primary N) is 1. The van der Waals surface area contributed by atoms with Crippen molar-refractivity contribution < 1.29 is 4.79 Å². The van der Waals surface area contributed by atoms with Gasteiger partial charge in [-0.3, -0.25) is 4.79 Å². The van der Waals surface area contributed by atoms with Crippen LogP contribution in [0.5, 0.6) is 0 Å². The molecule has 0 rings (SSSR count). The lowest BCUT2D eigenvalue weighted by Crippen LogP contribution is -2.19. The zero-order valence-corrected chi connectivity index (χ0v) is 8.40. The van der Waals surface area contributed by atoms with Crippen LogP contribution < -0.4 is 5.73 Å². The van der Waals surface area contributed by atoms with E-state index in [1.54, 1.807) is 0 Å². The Morgan fingerprint density at radius 1 is 1.78 bits per heavy atom. The van der Waals surface area contributed by atoms with E-state index in [2.05, 4.69) is 13.8 Å². The molecule has 0 aliphatic rings. The molecule has 0 radical (unpaired) electrons. The molecule has 9 heavy (non-hydrogen) atoms. The van der Waals surface area contributed by atoms with Gasteiger partial charge in [-0.25, -0.2) is 0 Å². The van der Waals surface area contributed by atoms with E-state index < -0.39 is 0 Å². The van der Waals surface area contributed by atoms with Gasteiger partial charge >= 0.3 is 0 Å². The first-order valence-electron chi connectivity index (χ1n) is 3.26. The molecule has 0 aliphatic heterocycles. The van der Waals surface area contributed by atoms with Crippen LogP contribution in [-0.2, 0) is 4.79 Å². The summed E-state index contributed by atoms with van der Waals surface area (Å²) in [5, 5.41) is 0.228. The summed E-state index contributed by atoms with van der Waals surface area (Å²) < 4.78 is 0. The third-order valence-corrected chi connectivity index (χ3v) is 2.67. The van der Waals surface area contributed by atoms with Gasteiger partial charge in [0.2, 0.25) is 5.91 Å². The molecular formula is C6H15NOSi. The SMILES string of the molecule is CC[C@](C)([SiH3])CC(N)=O. The predicted molar refractivity (Wildman–Crippen MR) is 42.4 cm³/mol. The third-order valence-electron chi connectivity index (χ3n) is 1.61. The van der Waals surface area contributed by atoms with Crippen molar-refractivity contribution in [1.82, 2.24) is 0 Å². The summed E-state index contributed by atoms with van der Waals surface area (Å²) in [5.74, 6) is -0.172. The maximum Gasteiger partial charge on any atom is 0.217 e. The maximum absolute atomic E-state index is 10.4. The summed E-state index contributed by atoms with van der Waals surface area (Å²) in [4.78, 5) is 10.4. The van der Waals surface area contributed by atoms with E-state index in [9.17, 15) is 4.79 Å². The molecule has 0 aromatic heterocycles. The minimum Gasteiger partial charge on any atom is -0.370 e. The highest BCUT2D eigenvalue weighted by atomic mass is 28.1. The van der Waals surface area contributed by atoms with Crippen LogP contribution in [-0.4, -0.2) is 16.1 Å². The number of hydrogen-bond donors (Lipinski definition) is 1. The molecule has 1 amide bonds. The van der Waals surface area contributed by atoms with E-state index in [1.165, 1.54) is 0 Å². The van der Waals surface area contributed by atoms with Gasteiger partial charge in [0.25, 0.3) is 0 Å². The monoisotopic (exact) mass is 145 g/mol. The molecule has 54 valence electrons. The molecule has 0 fully saturated rings. The van der Waals surface area contributed by atoms with Crippen LogP contribution >= 0.6 is 0 Å². The zero-order valence-electron chi connectivity index (χ0n) is 6.40. The summed E-state index contributed by atoms with van der Waals surface area (Å²) >= 11 is 0. The van der Waals surface area contributed by atoms with Crippen LogP contribution in [0.15, 0.2) is 0 Å². The first-order chi connectivity index (χ1) is 3.98. The molecule has 2 nitrogen and oxygen atoms in total. The van der Waals surface area contributed by atoms with Crippen LogP contribution in [0.2, 0.25) is 5.04 Å². The van der Waals surface area contributed by atoms with Crippen molar-refractivity contribution in [3.63, 3.8) is 0 Å². The van der Waals surface area contributed by atoms with Crippen molar-refractivity contribution in [2.24, 2.45) is 5.73 Å². The Labute approximate surface area is 59.2 Å². The van der Waals surface area contributed by atoms with Gasteiger partial charge in [0, 0.05) is 16.7 Å². The molecule has 0 heterocycles. The Morgan fingerprint density at radius 2 is 2.22 bits per heavy atom. The van der Waals surface area contributed by atoms with E-state index >= 15 is 0 Å². The van der Waals surface area contributed by atoms with E-state index in [-0.39, 0.29) is 10.9 Å². The molecule has 0 aromatic rings. The highest BCUT2D eigenvalue weighted by Gasteiger charge is 2.17. The normalized spacial score (nSPS) is 17.1.